The van der Waals surface area contributed by atoms with Crippen molar-refractivity contribution in [2.45, 2.75) is 51.6 Å². The van der Waals surface area contributed by atoms with Gasteiger partial charge in [-0.3, -0.25) is 14.6 Å². The topological polar surface area (TPSA) is 54.5 Å². The average molecular weight is 536 g/mol. The van der Waals surface area contributed by atoms with E-state index in [9.17, 15) is 4.79 Å². The van der Waals surface area contributed by atoms with E-state index < -0.39 is 0 Å². The van der Waals surface area contributed by atoms with Crippen molar-refractivity contribution >= 4 is 5.91 Å². The van der Waals surface area contributed by atoms with Gasteiger partial charge in [-0.05, 0) is 76.2 Å². The maximum Gasteiger partial charge on any atom is 0.236 e. The maximum atomic E-state index is 13.6. The van der Waals surface area contributed by atoms with Gasteiger partial charge in [0.2, 0.25) is 5.91 Å². The van der Waals surface area contributed by atoms with Crippen LogP contribution >= 0.6 is 0 Å². The number of fused-ring (bicyclic) bond motifs is 2. The number of hydrogen-bond donors (Lipinski definition) is 0. The second-order valence-corrected chi connectivity index (χ2v) is 11.2. The van der Waals surface area contributed by atoms with E-state index in [2.05, 4.69) is 51.1 Å². The number of carbonyl (C=O) groups excluding carboxylic acids is 1. The SMILES string of the molecule is CCOc1cccc2c1OCCOCCN(C(=O)CN1CCC(Cc3ccccc3)CC1)C[C@@H]1CCCN1C2. The Balaban J connectivity index is 1.20. The number of hydrogen-bond acceptors (Lipinski definition) is 6. The Morgan fingerprint density at radius 3 is 2.62 bits per heavy atom. The number of likely N-dealkylation sites (tertiary alicyclic amines) is 1. The van der Waals surface area contributed by atoms with E-state index in [4.69, 9.17) is 14.2 Å². The molecule has 2 aromatic carbocycles. The van der Waals surface area contributed by atoms with Crippen LogP contribution in [0.4, 0.5) is 0 Å². The predicted molar refractivity (Wildman–Crippen MR) is 153 cm³/mol. The van der Waals surface area contributed by atoms with E-state index in [-0.39, 0.29) is 5.91 Å². The molecule has 0 aliphatic carbocycles. The van der Waals surface area contributed by atoms with E-state index in [1.54, 1.807) is 0 Å². The lowest BCUT2D eigenvalue weighted by Gasteiger charge is -2.35. The van der Waals surface area contributed by atoms with Crippen molar-refractivity contribution in [3.05, 3.63) is 59.7 Å². The van der Waals surface area contributed by atoms with Crippen molar-refractivity contribution < 1.29 is 19.0 Å². The fourth-order valence-corrected chi connectivity index (χ4v) is 6.29. The maximum absolute atomic E-state index is 13.6. The largest absolute Gasteiger partial charge is 0.490 e. The average Bonchev–Trinajstić information content (AvgIpc) is 3.39. The Kier molecular flexibility index (Phi) is 10.1. The minimum Gasteiger partial charge on any atom is -0.490 e. The molecule has 2 fully saturated rings. The second kappa shape index (κ2) is 14.1. The van der Waals surface area contributed by atoms with Crippen LogP contribution in [0.2, 0.25) is 0 Å². The van der Waals surface area contributed by atoms with Gasteiger partial charge in [-0.25, -0.2) is 0 Å². The Hall–Kier alpha value is -2.61. The number of piperidine rings is 1. The highest BCUT2D eigenvalue weighted by molar-refractivity contribution is 5.78. The molecule has 1 atom stereocenters. The lowest BCUT2D eigenvalue weighted by molar-refractivity contribution is -0.134. The molecule has 7 heteroatoms. The van der Waals surface area contributed by atoms with E-state index in [1.165, 1.54) is 5.56 Å². The van der Waals surface area contributed by atoms with Gasteiger partial charge in [-0.1, -0.05) is 42.5 Å². The number of ether oxygens (including phenoxy) is 3. The van der Waals surface area contributed by atoms with Crippen LogP contribution in [-0.2, 0) is 22.5 Å². The van der Waals surface area contributed by atoms with E-state index in [1.807, 2.05) is 19.1 Å². The highest BCUT2D eigenvalue weighted by atomic mass is 16.5. The minimum atomic E-state index is 0.233. The summed E-state index contributed by atoms with van der Waals surface area (Å²) in [6.45, 7) is 9.82. The van der Waals surface area contributed by atoms with Gasteiger partial charge in [0.1, 0.15) is 6.61 Å². The number of carbonyl (C=O) groups is 1. The number of amides is 1. The molecule has 2 saturated heterocycles. The number of benzene rings is 2. The molecule has 0 radical (unpaired) electrons. The third-order valence-corrected chi connectivity index (χ3v) is 8.43. The first-order chi connectivity index (χ1) is 19.2. The number of nitrogens with zero attached hydrogens (tertiary/aromatic N) is 3. The molecule has 0 aromatic heterocycles. The summed E-state index contributed by atoms with van der Waals surface area (Å²) in [6, 6.07) is 17.3. The summed E-state index contributed by atoms with van der Waals surface area (Å²) >= 11 is 0. The molecule has 0 saturated carbocycles. The van der Waals surface area contributed by atoms with Gasteiger partial charge < -0.3 is 19.1 Å². The second-order valence-electron chi connectivity index (χ2n) is 11.2. The molecule has 39 heavy (non-hydrogen) atoms. The number of para-hydroxylation sites is 1. The van der Waals surface area contributed by atoms with Crippen molar-refractivity contribution in [2.75, 3.05) is 65.7 Å². The fraction of sp³-hybridized carbons (Fsp3) is 0.594. The first kappa shape index (κ1) is 27.9. The van der Waals surface area contributed by atoms with Crippen LogP contribution in [0.3, 0.4) is 0 Å². The molecule has 5 rings (SSSR count). The first-order valence-corrected chi connectivity index (χ1v) is 14.9. The minimum absolute atomic E-state index is 0.233. The van der Waals surface area contributed by atoms with Crippen LogP contribution < -0.4 is 9.47 Å². The predicted octanol–water partition coefficient (Wildman–Crippen LogP) is 4.24. The molecule has 0 N–H and O–H groups in total. The van der Waals surface area contributed by atoms with Crippen molar-refractivity contribution in [2.24, 2.45) is 5.92 Å². The van der Waals surface area contributed by atoms with E-state index in [0.717, 1.165) is 81.9 Å². The Labute approximate surface area is 234 Å². The Morgan fingerprint density at radius 1 is 0.949 bits per heavy atom. The molecule has 3 heterocycles. The van der Waals surface area contributed by atoms with Gasteiger partial charge in [0, 0.05) is 31.2 Å². The van der Waals surface area contributed by atoms with Gasteiger partial charge in [-0.2, -0.15) is 0 Å². The van der Waals surface area contributed by atoms with E-state index in [0.29, 0.717) is 51.5 Å². The van der Waals surface area contributed by atoms with E-state index >= 15 is 0 Å². The van der Waals surface area contributed by atoms with Crippen LogP contribution in [0.1, 0.15) is 43.7 Å². The van der Waals surface area contributed by atoms with Gasteiger partial charge in [0.15, 0.2) is 11.5 Å². The highest BCUT2D eigenvalue weighted by Crippen LogP contribution is 2.34. The van der Waals surface area contributed by atoms with Crippen LogP contribution in [-0.4, -0.2) is 92.3 Å². The van der Waals surface area contributed by atoms with Gasteiger partial charge in [0.05, 0.1) is 26.4 Å². The molecule has 3 aliphatic rings. The fourth-order valence-electron chi connectivity index (χ4n) is 6.29. The molecule has 2 aromatic rings. The standard InChI is InChI=1S/C32H45N3O4/c1-2-38-30-12-6-10-28-23-34-15-7-11-29(34)24-35(18-19-37-20-21-39-32(28)30)31(36)25-33-16-13-27(14-17-33)22-26-8-4-3-5-9-26/h3-6,8-10,12,27,29H,2,7,11,13-25H2,1H3/t29-/m0/s1. The molecule has 3 aliphatic heterocycles. The normalized spacial score (nSPS) is 22.1. The lowest BCUT2D eigenvalue weighted by atomic mass is 9.90. The Morgan fingerprint density at radius 2 is 1.79 bits per heavy atom. The summed E-state index contributed by atoms with van der Waals surface area (Å²) in [5.41, 5.74) is 2.56. The zero-order valence-electron chi connectivity index (χ0n) is 23.6. The van der Waals surface area contributed by atoms with Crippen molar-refractivity contribution in [3.8, 4) is 11.5 Å². The first-order valence-electron chi connectivity index (χ1n) is 14.9. The summed E-state index contributed by atoms with van der Waals surface area (Å²) in [6.07, 6.45) is 5.72. The smallest absolute Gasteiger partial charge is 0.236 e. The number of rotatable bonds is 6. The zero-order chi connectivity index (χ0) is 26.9. The van der Waals surface area contributed by atoms with Gasteiger partial charge >= 0.3 is 0 Å². The summed E-state index contributed by atoms with van der Waals surface area (Å²) < 4.78 is 18.0. The quantitative estimate of drug-likeness (QED) is 0.552. The third-order valence-electron chi connectivity index (χ3n) is 8.43. The molecule has 0 unspecified atom stereocenters. The summed E-state index contributed by atoms with van der Waals surface area (Å²) in [5.74, 6) is 2.57. The van der Waals surface area contributed by atoms with Crippen molar-refractivity contribution in [1.82, 2.24) is 14.7 Å². The third kappa shape index (κ3) is 7.74. The van der Waals surface area contributed by atoms with Crippen LogP contribution in [0.15, 0.2) is 48.5 Å². The van der Waals surface area contributed by atoms with Crippen LogP contribution in [0.5, 0.6) is 11.5 Å². The molecular weight excluding hydrogens is 490 g/mol. The molecule has 212 valence electrons. The molecule has 1 amide bonds. The van der Waals surface area contributed by atoms with Crippen LogP contribution in [0.25, 0.3) is 0 Å². The molecular formula is C32H45N3O4. The molecule has 0 bridgehead atoms. The zero-order valence-corrected chi connectivity index (χ0v) is 23.6. The van der Waals surface area contributed by atoms with Crippen LogP contribution in [0, 0.1) is 5.92 Å². The molecule has 7 nitrogen and oxygen atoms in total. The van der Waals surface area contributed by atoms with Crippen molar-refractivity contribution in [1.29, 1.82) is 0 Å². The van der Waals surface area contributed by atoms with Crippen molar-refractivity contribution in [3.63, 3.8) is 0 Å². The Bertz CT molecular complexity index is 1040. The summed E-state index contributed by atoms with van der Waals surface area (Å²) in [7, 11) is 0. The highest BCUT2D eigenvalue weighted by Gasteiger charge is 2.30. The van der Waals surface area contributed by atoms with Gasteiger partial charge in [-0.15, -0.1) is 0 Å². The van der Waals surface area contributed by atoms with Gasteiger partial charge in [0.25, 0.3) is 0 Å². The molecule has 0 spiro atoms. The lowest BCUT2D eigenvalue weighted by Crippen LogP contribution is -2.48. The summed E-state index contributed by atoms with van der Waals surface area (Å²) in [5, 5.41) is 0. The monoisotopic (exact) mass is 535 g/mol. The summed E-state index contributed by atoms with van der Waals surface area (Å²) in [4.78, 5) is 20.5.